The molecule has 0 saturated carbocycles. The molecule has 6 heteroatoms. The van der Waals surface area contributed by atoms with Gasteiger partial charge in [0.05, 0.1) is 5.52 Å². The van der Waals surface area contributed by atoms with Crippen molar-refractivity contribution in [3.63, 3.8) is 0 Å². The lowest BCUT2D eigenvalue weighted by atomic mass is 10.0. The number of aromatic nitrogens is 3. The zero-order chi connectivity index (χ0) is 18.1. The molecule has 1 aliphatic rings. The van der Waals surface area contributed by atoms with Gasteiger partial charge in [-0.15, -0.1) is 0 Å². The molecule has 134 valence electrons. The Kier molecular flexibility index (Phi) is 4.41. The van der Waals surface area contributed by atoms with Crippen LogP contribution in [0.1, 0.15) is 24.4 Å². The maximum atomic E-state index is 13.4. The fraction of sp³-hybridized carbons (Fsp3) is 0.350. The Morgan fingerprint density at radius 3 is 2.65 bits per heavy atom. The average Bonchev–Trinajstić information content (AvgIpc) is 2.61. The van der Waals surface area contributed by atoms with E-state index in [4.69, 9.17) is 0 Å². The Morgan fingerprint density at radius 1 is 1.08 bits per heavy atom. The van der Waals surface area contributed by atoms with Crippen LogP contribution in [0, 0.1) is 19.7 Å². The van der Waals surface area contributed by atoms with Gasteiger partial charge < -0.3 is 10.2 Å². The highest BCUT2D eigenvalue weighted by atomic mass is 19.1. The highest BCUT2D eigenvalue weighted by Crippen LogP contribution is 2.26. The highest BCUT2D eigenvalue weighted by Gasteiger charge is 2.21. The summed E-state index contributed by atoms with van der Waals surface area (Å²) in [6.45, 7) is 5.84. The van der Waals surface area contributed by atoms with Crippen molar-refractivity contribution in [1.29, 1.82) is 0 Å². The molecule has 0 radical (unpaired) electrons. The maximum Gasteiger partial charge on any atom is 0.132 e. The lowest BCUT2D eigenvalue weighted by Crippen LogP contribution is -2.39. The molecule has 1 saturated heterocycles. The number of fused-ring (bicyclic) bond motifs is 1. The van der Waals surface area contributed by atoms with E-state index in [9.17, 15) is 4.39 Å². The Hall–Kier alpha value is -2.76. The zero-order valence-electron chi connectivity index (χ0n) is 15.0. The lowest BCUT2D eigenvalue weighted by molar-refractivity contribution is 0.523. The summed E-state index contributed by atoms with van der Waals surface area (Å²) in [6.07, 6.45) is 3.77. The number of halogens is 1. The molecule has 0 unspecified atom stereocenters. The first-order chi connectivity index (χ1) is 12.6. The summed E-state index contributed by atoms with van der Waals surface area (Å²) in [7, 11) is 0. The van der Waals surface area contributed by atoms with Crippen molar-refractivity contribution in [1.82, 2.24) is 15.0 Å². The van der Waals surface area contributed by atoms with Crippen LogP contribution in [-0.2, 0) is 0 Å². The van der Waals surface area contributed by atoms with Crippen LogP contribution >= 0.6 is 0 Å². The Bertz CT molecular complexity index is 914. The summed E-state index contributed by atoms with van der Waals surface area (Å²) < 4.78 is 13.4. The van der Waals surface area contributed by atoms with Crippen LogP contribution in [0.15, 0.2) is 36.5 Å². The van der Waals surface area contributed by atoms with Gasteiger partial charge in [-0.3, -0.25) is 4.98 Å². The second kappa shape index (κ2) is 6.86. The third-order valence-corrected chi connectivity index (χ3v) is 4.84. The van der Waals surface area contributed by atoms with E-state index in [1.165, 1.54) is 12.1 Å². The van der Waals surface area contributed by atoms with E-state index in [0.29, 0.717) is 11.6 Å². The average molecular weight is 351 g/mol. The summed E-state index contributed by atoms with van der Waals surface area (Å²) in [5, 5.41) is 4.57. The number of hydrogen-bond acceptors (Lipinski definition) is 5. The van der Waals surface area contributed by atoms with Crippen molar-refractivity contribution in [2.24, 2.45) is 0 Å². The fourth-order valence-corrected chi connectivity index (χ4v) is 3.58. The molecule has 4 rings (SSSR count). The van der Waals surface area contributed by atoms with Crippen molar-refractivity contribution in [3.05, 3.63) is 53.9 Å². The standard InChI is InChI=1S/C20H22FN5/c1-13-11-20(24-14(2)23-13)26-9-6-16(7-10-26)25-18-5-8-22-19-12-15(21)3-4-17(18)19/h3-5,8,11-12,16H,6-7,9-10H2,1-2H3,(H,22,25). The topological polar surface area (TPSA) is 53.9 Å². The molecular weight excluding hydrogens is 329 g/mol. The van der Waals surface area contributed by atoms with Gasteiger partial charge in [0.1, 0.15) is 17.5 Å². The van der Waals surface area contributed by atoms with Gasteiger partial charge in [-0.2, -0.15) is 0 Å². The largest absolute Gasteiger partial charge is 0.382 e. The van der Waals surface area contributed by atoms with Crippen LogP contribution in [0.3, 0.4) is 0 Å². The van der Waals surface area contributed by atoms with Crippen molar-refractivity contribution in [2.45, 2.75) is 32.7 Å². The Morgan fingerprint density at radius 2 is 1.88 bits per heavy atom. The van der Waals surface area contributed by atoms with Gasteiger partial charge in [-0.1, -0.05) is 0 Å². The van der Waals surface area contributed by atoms with Crippen LogP contribution in [0.5, 0.6) is 0 Å². The minimum atomic E-state index is -0.258. The van der Waals surface area contributed by atoms with E-state index in [1.54, 1.807) is 12.3 Å². The van der Waals surface area contributed by atoms with Crippen LogP contribution in [-0.4, -0.2) is 34.1 Å². The molecule has 1 aliphatic heterocycles. The molecule has 3 heterocycles. The number of nitrogens with one attached hydrogen (secondary N) is 1. The quantitative estimate of drug-likeness (QED) is 0.776. The molecule has 0 spiro atoms. The lowest BCUT2D eigenvalue weighted by Gasteiger charge is -2.34. The van der Waals surface area contributed by atoms with E-state index < -0.39 is 0 Å². The number of anilines is 2. The van der Waals surface area contributed by atoms with Gasteiger partial charge in [0.15, 0.2) is 0 Å². The van der Waals surface area contributed by atoms with Crippen LogP contribution in [0.4, 0.5) is 15.9 Å². The number of piperidine rings is 1. The smallest absolute Gasteiger partial charge is 0.132 e. The normalized spacial score (nSPS) is 15.4. The number of aryl methyl sites for hydroxylation is 2. The van der Waals surface area contributed by atoms with E-state index in [-0.39, 0.29) is 5.82 Å². The summed E-state index contributed by atoms with van der Waals surface area (Å²) in [4.78, 5) is 15.5. The molecule has 26 heavy (non-hydrogen) atoms. The third-order valence-electron chi connectivity index (χ3n) is 4.84. The molecule has 0 aliphatic carbocycles. The summed E-state index contributed by atoms with van der Waals surface area (Å²) in [5.41, 5.74) is 2.70. The molecule has 1 aromatic carbocycles. The van der Waals surface area contributed by atoms with Crippen molar-refractivity contribution in [2.75, 3.05) is 23.3 Å². The molecule has 0 bridgehead atoms. The predicted molar refractivity (Wildman–Crippen MR) is 102 cm³/mol. The first-order valence-corrected chi connectivity index (χ1v) is 8.96. The number of benzene rings is 1. The van der Waals surface area contributed by atoms with E-state index in [0.717, 1.165) is 54.3 Å². The van der Waals surface area contributed by atoms with Crippen molar-refractivity contribution >= 4 is 22.4 Å². The molecular formula is C20H22FN5. The van der Waals surface area contributed by atoms with E-state index >= 15 is 0 Å². The fourth-order valence-electron chi connectivity index (χ4n) is 3.58. The van der Waals surface area contributed by atoms with Crippen molar-refractivity contribution in [3.8, 4) is 0 Å². The molecule has 3 aromatic rings. The highest BCUT2D eigenvalue weighted by molar-refractivity contribution is 5.91. The minimum Gasteiger partial charge on any atom is -0.382 e. The number of rotatable bonds is 3. The molecule has 5 nitrogen and oxygen atoms in total. The Labute approximate surface area is 152 Å². The van der Waals surface area contributed by atoms with Gasteiger partial charge >= 0.3 is 0 Å². The SMILES string of the molecule is Cc1cc(N2CCC(Nc3ccnc4cc(F)ccc34)CC2)nc(C)n1. The van der Waals surface area contributed by atoms with E-state index in [1.807, 2.05) is 26.0 Å². The molecule has 0 amide bonds. The monoisotopic (exact) mass is 351 g/mol. The number of pyridine rings is 1. The van der Waals surface area contributed by atoms with Gasteiger partial charge in [-0.05, 0) is 44.9 Å². The predicted octanol–water partition coefficient (Wildman–Crippen LogP) is 3.86. The van der Waals surface area contributed by atoms with Crippen LogP contribution in [0.2, 0.25) is 0 Å². The first-order valence-electron chi connectivity index (χ1n) is 8.96. The van der Waals surface area contributed by atoms with Gasteiger partial charge in [0.25, 0.3) is 0 Å². The molecule has 0 atom stereocenters. The number of hydrogen-bond donors (Lipinski definition) is 1. The second-order valence-electron chi connectivity index (χ2n) is 6.84. The summed E-state index contributed by atoms with van der Waals surface area (Å²) in [6, 6.07) is 9.14. The molecule has 1 N–H and O–H groups in total. The van der Waals surface area contributed by atoms with E-state index in [2.05, 4.69) is 25.2 Å². The number of nitrogens with zero attached hydrogens (tertiary/aromatic N) is 4. The zero-order valence-corrected chi connectivity index (χ0v) is 15.0. The maximum absolute atomic E-state index is 13.4. The van der Waals surface area contributed by atoms with Crippen LogP contribution in [0.25, 0.3) is 10.9 Å². The molecule has 2 aromatic heterocycles. The molecule has 1 fully saturated rings. The third kappa shape index (κ3) is 3.45. The second-order valence-corrected chi connectivity index (χ2v) is 6.84. The summed E-state index contributed by atoms with van der Waals surface area (Å²) in [5.74, 6) is 1.57. The summed E-state index contributed by atoms with van der Waals surface area (Å²) >= 11 is 0. The first kappa shape index (κ1) is 16.7. The van der Waals surface area contributed by atoms with Gasteiger partial charge in [-0.25, -0.2) is 14.4 Å². The van der Waals surface area contributed by atoms with Crippen molar-refractivity contribution < 1.29 is 4.39 Å². The minimum absolute atomic E-state index is 0.258. The Balaban J connectivity index is 1.46. The van der Waals surface area contributed by atoms with Crippen LogP contribution < -0.4 is 10.2 Å². The van der Waals surface area contributed by atoms with Gasteiger partial charge in [0.2, 0.25) is 0 Å². The van der Waals surface area contributed by atoms with Gasteiger partial charge in [0, 0.05) is 54.2 Å².